The van der Waals surface area contributed by atoms with E-state index in [-0.39, 0.29) is 30.4 Å². The number of nitrogens with one attached hydrogen (secondary N) is 1. The lowest BCUT2D eigenvalue weighted by atomic mass is 9.93. The molecule has 25 heavy (non-hydrogen) atoms. The van der Waals surface area contributed by atoms with Crippen molar-refractivity contribution in [3.63, 3.8) is 0 Å². The molecule has 0 aliphatic carbocycles. The maximum absolute atomic E-state index is 12.6. The van der Waals surface area contributed by atoms with Crippen molar-refractivity contribution in [2.24, 2.45) is 5.92 Å². The zero-order valence-electron chi connectivity index (χ0n) is 14.7. The first-order chi connectivity index (χ1) is 11.8. The highest BCUT2D eigenvalue weighted by molar-refractivity contribution is 6.33. The number of hydrogen-bond acceptors (Lipinski definition) is 6. The zero-order valence-corrected chi connectivity index (χ0v) is 15.4. The van der Waals surface area contributed by atoms with Crippen molar-refractivity contribution in [1.82, 2.24) is 10.2 Å². The number of esters is 1. The van der Waals surface area contributed by atoms with Gasteiger partial charge in [0.05, 0.1) is 37.0 Å². The van der Waals surface area contributed by atoms with E-state index in [9.17, 15) is 9.59 Å². The number of carbonyl (C=O) groups excluding carboxylic acids is 2. The average Bonchev–Trinajstić information content (AvgIpc) is 2.59. The zero-order chi connectivity index (χ0) is 18.6. The molecule has 0 radical (unpaired) electrons. The summed E-state index contributed by atoms with van der Waals surface area (Å²) in [6, 6.07) is 3.06. The van der Waals surface area contributed by atoms with E-state index in [1.54, 1.807) is 6.07 Å². The second-order valence-corrected chi connectivity index (χ2v) is 6.64. The van der Waals surface area contributed by atoms with E-state index in [4.69, 9.17) is 26.8 Å². The lowest BCUT2D eigenvalue weighted by Gasteiger charge is -2.36. The summed E-state index contributed by atoms with van der Waals surface area (Å²) in [4.78, 5) is 26.0. The minimum absolute atomic E-state index is 0.00225. The minimum Gasteiger partial charge on any atom is -0.496 e. The van der Waals surface area contributed by atoms with Crippen LogP contribution in [0.3, 0.4) is 0 Å². The fourth-order valence-electron chi connectivity index (χ4n) is 3.00. The normalized spacial score (nSPS) is 20.8. The number of halogens is 1. The van der Waals surface area contributed by atoms with Crippen molar-refractivity contribution in [2.75, 3.05) is 39.6 Å². The molecule has 1 aliphatic rings. The largest absolute Gasteiger partial charge is 0.496 e. The topological polar surface area (TPSA) is 93.9 Å². The highest BCUT2D eigenvalue weighted by Crippen LogP contribution is 2.29. The molecule has 1 fully saturated rings. The van der Waals surface area contributed by atoms with Gasteiger partial charge in [-0.1, -0.05) is 18.5 Å². The van der Waals surface area contributed by atoms with E-state index < -0.39 is 0 Å². The fraction of sp³-hybridized carbons (Fsp3) is 0.529. The second kappa shape index (κ2) is 8.40. The van der Waals surface area contributed by atoms with Gasteiger partial charge in [-0.05, 0) is 18.4 Å². The summed E-state index contributed by atoms with van der Waals surface area (Å²) in [5.41, 5.74) is 6.46. The number of ether oxygens (including phenoxy) is 2. The summed E-state index contributed by atoms with van der Waals surface area (Å²) < 4.78 is 9.93. The van der Waals surface area contributed by atoms with Crippen molar-refractivity contribution < 1.29 is 19.1 Å². The Morgan fingerprint density at radius 1 is 1.40 bits per heavy atom. The SMILES string of the molecule is COC(=O)CN1CCC(NC(=O)c2cc(Cl)c(N)cc2OC)C(C)C1. The van der Waals surface area contributed by atoms with E-state index in [1.807, 2.05) is 11.8 Å². The number of amides is 1. The molecule has 2 unspecified atom stereocenters. The molecule has 0 aromatic heterocycles. The number of piperidine rings is 1. The third-order valence-electron chi connectivity index (χ3n) is 4.45. The summed E-state index contributed by atoms with van der Waals surface area (Å²) in [5, 5.41) is 3.34. The highest BCUT2D eigenvalue weighted by atomic mass is 35.5. The number of hydrogen-bond donors (Lipinski definition) is 2. The van der Waals surface area contributed by atoms with E-state index >= 15 is 0 Å². The standard InChI is InChI=1S/C17H24ClN3O4/c1-10-8-21(9-16(22)25-3)5-4-14(10)20-17(23)11-6-12(18)13(19)7-15(11)24-2/h6-7,10,14H,4-5,8-9,19H2,1-3H3,(H,20,23). The molecule has 0 bridgehead atoms. The molecular weight excluding hydrogens is 346 g/mol. The van der Waals surface area contributed by atoms with Crippen LogP contribution < -0.4 is 15.8 Å². The van der Waals surface area contributed by atoms with Crippen LogP contribution in [0, 0.1) is 5.92 Å². The Morgan fingerprint density at radius 2 is 2.12 bits per heavy atom. The summed E-state index contributed by atoms with van der Waals surface area (Å²) >= 11 is 6.03. The van der Waals surface area contributed by atoms with Crippen LogP contribution >= 0.6 is 11.6 Å². The third-order valence-corrected chi connectivity index (χ3v) is 4.78. The predicted molar refractivity (Wildman–Crippen MR) is 95.9 cm³/mol. The maximum Gasteiger partial charge on any atom is 0.319 e. The average molecular weight is 370 g/mol. The number of benzene rings is 1. The lowest BCUT2D eigenvalue weighted by molar-refractivity contribution is -0.142. The molecule has 1 heterocycles. The Kier molecular flexibility index (Phi) is 6.50. The molecule has 1 aromatic rings. The number of rotatable bonds is 5. The molecule has 8 heteroatoms. The molecule has 138 valence electrons. The number of likely N-dealkylation sites (tertiary alicyclic amines) is 1. The minimum atomic E-state index is -0.254. The lowest BCUT2D eigenvalue weighted by Crippen LogP contribution is -2.51. The molecule has 2 atom stereocenters. The summed E-state index contributed by atoms with van der Waals surface area (Å²) in [6.45, 7) is 3.73. The second-order valence-electron chi connectivity index (χ2n) is 6.23. The van der Waals surface area contributed by atoms with Gasteiger partial charge in [0.2, 0.25) is 0 Å². The summed E-state index contributed by atoms with van der Waals surface area (Å²) in [6.07, 6.45) is 0.745. The van der Waals surface area contributed by atoms with Gasteiger partial charge in [-0.3, -0.25) is 14.5 Å². The number of methoxy groups -OCH3 is 2. The van der Waals surface area contributed by atoms with Gasteiger partial charge in [0.1, 0.15) is 5.75 Å². The van der Waals surface area contributed by atoms with Gasteiger partial charge in [-0.25, -0.2) is 0 Å². The molecular formula is C17H24ClN3O4. The third kappa shape index (κ3) is 4.76. The molecule has 1 saturated heterocycles. The van der Waals surface area contributed by atoms with Gasteiger partial charge < -0.3 is 20.5 Å². The first kappa shape index (κ1) is 19.3. The first-order valence-corrected chi connectivity index (χ1v) is 8.46. The maximum atomic E-state index is 12.6. The number of carbonyl (C=O) groups is 2. The van der Waals surface area contributed by atoms with Crippen LogP contribution in [0.25, 0.3) is 0 Å². The van der Waals surface area contributed by atoms with Crippen LogP contribution in [0.4, 0.5) is 5.69 Å². The highest BCUT2D eigenvalue weighted by Gasteiger charge is 2.29. The molecule has 3 N–H and O–H groups in total. The molecule has 2 rings (SSSR count). The van der Waals surface area contributed by atoms with Gasteiger partial charge in [0.15, 0.2) is 0 Å². The molecule has 0 spiro atoms. The Morgan fingerprint density at radius 3 is 2.72 bits per heavy atom. The van der Waals surface area contributed by atoms with Crippen molar-refractivity contribution in [3.8, 4) is 5.75 Å². The molecule has 0 saturated carbocycles. The van der Waals surface area contributed by atoms with Crippen LogP contribution in [0.2, 0.25) is 5.02 Å². The van der Waals surface area contributed by atoms with E-state index in [0.717, 1.165) is 6.42 Å². The number of nitrogen functional groups attached to an aromatic ring is 1. The van der Waals surface area contributed by atoms with Crippen LogP contribution in [0.5, 0.6) is 5.75 Å². The molecule has 1 amide bonds. The van der Waals surface area contributed by atoms with Crippen molar-refractivity contribution >= 4 is 29.2 Å². The van der Waals surface area contributed by atoms with Crippen LogP contribution in [-0.2, 0) is 9.53 Å². The van der Waals surface area contributed by atoms with Gasteiger partial charge in [0.25, 0.3) is 5.91 Å². The van der Waals surface area contributed by atoms with Crippen LogP contribution in [-0.4, -0.2) is 56.7 Å². The van der Waals surface area contributed by atoms with Gasteiger partial charge in [0, 0.05) is 25.2 Å². The first-order valence-electron chi connectivity index (χ1n) is 8.08. The molecule has 7 nitrogen and oxygen atoms in total. The molecule has 1 aromatic carbocycles. The smallest absolute Gasteiger partial charge is 0.319 e. The number of nitrogens with zero attached hydrogens (tertiary/aromatic N) is 1. The quantitative estimate of drug-likeness (QED) is 0.604. The fourth-order valence-corrected chi connectivity index (χ4v) is 3.16. The van der Waals surface area contributed by atoms with Crippen molar-refractivity contribution in [2.45, 2.75) is 19.4 Å². The monoisotopic (exact) mass is 369 g/mol. The van der Waals surface area contributed by atoms with Crippen LogP contribution in [0.15, 0.2) is 12.1 Å². The van der Waals surface area contributed by atoms with Crippen LogP contribution in [0.1, 0.15) is 23.7 Å². The number of anilines is 1. The van der Waals surface area contributed by atoms with Crippen molar-refractivity contribution in [1.29, 1.82) is 0 Å². The van der Waals surface area contributed by atoms with E-state index in [1.165, 1.54) is 20.3 Å². The Balaban J connectivity index is 2.02. The van der Waals surface area contributed by atoms with Gasteiger partial charge >= 0.3 is 5.97 Å². The van der Waals surface area contributed by atoms with E-state index in [0.29, 0.717) is 35.1 Å². The Labute approximate surface area is 152 Å². The van der Waals surface area contributed by atoms with Crippen molar-refractivity contribution in [3.05, 3.63) is 22.7 Å². The summed E-state index contributed by atoms with van der Waals surface area (Å²) in [5.74, 6) is 0.0701. The predicted octanol–water partition coefficient (Wildman–Crippen LogP) is 1.54. The van der Waals surface area contributed by atoms with Gasteiger partial charge in [-0.2, -0.15) is 0 Å². The van der Waals surface area contributed by atoms with Gasteiger partial charge in [-0.15, -0.1) is 0 Å². The molecule has 1 aliphatic heterocycles. The van der Waals surface area contributed by atoms with E-state index in [2.05, 4.69) is 5.32 Å². The summed E-state index contributed by atoms with van der Waals surface area (Å²) in [7, 11) is 2.86. The Bertz CT molecular complexity index is 653. The number of nitrogens with two attached hydrogens (primary N) is 1. The Hall–Kier alpha value is -1.99.